The average Bonchev–Trinajstić information content (AvgIpc) is 2.93. The highest BCUT2D eigenvalue weighted by Crippen LogP contribution is 2.16. The molecular formula is C35H70O3. The van der Waals surface area contributed by atoms with Gasteiger partial charge in [-0.25, -0.2) is 0 Å². The normalized spacial score (nSPS) is 25.3. The van der Waals surface area contributed by atoms with Crippen LogP contribution in [0.4, 0.5) is 0 Å². The molecule has 1 atom stereocenters. The lowest BCUT2D eigenvalue weighted by Crippen LogP contribution is -2.24. The minimum Gasteiger partial charge on any atom is -0.394 e. The second-order valence-electron chi connectivity index (χ2n) is 12.4. The molecule has 38 heavy (non-hydrogen) atoms. The first-order valence-corrected chi connectivity index (χ1v) is 17.7. The molecule has 228 valence electrons. The smallest absolute Gasteiger partial charge is 0.104 e. The molecule has 0 aromatic heterocycles. The summed E-state index contributed by atoms with van der Waals surface area (Å²) in [5.74, 6) is 0. The molecule has 0 aromatic rings. The van der Waals surface area contributed by atoms with Crippen LogP contribution in [0.1, 0.15) is 193 Å². The molecule has 0 spiro atoms. The summed E-state index contributed by atoms with van der Waals surface area (Å²) in [6.45, 7) is 2.17. The van der Waals surface area contributed by atoms with Gasteiger partial charge in [0, 0.05) is 13.2 Å². The second kappa shape index (κ2) is 31.4. The fourth-order valence-electron chi connectivity index (χ4n) is 5.87. The van der Waals surface area contributed by atoms with Gasteiger partial charge in [-0.05, 0) is 12.8 Å². The third-order valence-electron chi connectivity index (χ3n) is 8.54. The van der Waals surface area contributed by atoms with Gasteiger partial charge in [-0.2, -0.15) is 0 Å². The van der Waals surface area contributed by atoms with E-state index in [1.54, 1.807) is 0 Å². The summed E-state index contributed by atoms with van der Waals surface area (Å²) in [5, 5.41) is 9.56. The zero-order chi connectivity index (χ0) is 27.0. The van der Waals surface area contributed by atoms with Crippen molar-refractivity contribution in [2.75, 3.05) is 26.4 Å². The molecule has 0 amide bonds. The lowest BCUT2D eigenvalue weighted by molar-refractivity contribution is -0.0437. The Kier molecular flexibility index (Phi) is 29.7. The molecule has 0 aliphatic carbocycles. The topological polar surface area (TPSA) is 38.7 Å². The van der Waals surface area contributed by atoms with Crippen molar-refractivity contribution in [2.45, 2.75) is 199 Å². The van der Waals surface area contributed by atoms with Crippen molar-refractivity contribution in [1.29, 1.82) is 0 Å². The summed E-state index contributed by atoms with van der Waals surface area (Å²) in [6.07, 6.45) is 42.0. The number of hydrogen-bond acceptors (Lipinski definition) is 3. The third kappa shape index (κ3) is 27.4. The monoisotopic (exact) mass is 539 g/mol. The predicted octanol–water partition coefficient (Wildman–Crippen LogP) is 11.1. The van der Waals surface area contributed by atoms with Crippen LogP contribution in [-0.2, 0) is 9.47 Å². The standard InChI is InChI=1S/C35H70O3/c36-33-35-34-37-31-29-27-25-23-21-19-17-15-13-11-9-7-5-3-1-2-4-6-8-10-12-14-16-18-20-22-24-26-28-30-32-38-35/h35-36H,1-34H2/t35-/m1/s1. The summed E-state index contributed by atoms with van der Waals surface area (Å²) in [4.78, 5) is 0. The Morgan fingerprint density at radius 1 is 0.342 bits per heavy atom. The van der Waals surface area contributed by atoms with Gasteiger partial charge in [0.2, 0.25) is 0 Å². The molecule has 1 aliphatic heterocycles. The Morgan fingerprint density at radius 3 is 0.842 bits per heavy atom. The Morgan fingerprint density at radius 2 is 0.579 bits per heavy atom. The summed E-state index contributed by atoms with van der Waals surface area (Å²) in [5.41, 5.74) is 0. The van der Waals surface area contributed by atoms with Crippen molar-refractivity contribution in [2.24, 2.45) is 0 Å². The Bertz CT molecular complexity index is 391. The third-order valence-corrected chi connectivity index (χ3v) is 8.54. The minimum atomic E-state index is -0.147. The highest BCUT2D eigenvalue weighted by molar-refractivity contribution is 4.56. The molecule has 1 rings (SSSR count). The zero-order valence-corrected chi connectivity index (χ0v) is 25.9. The number of aliphatic hydroxyl groups excluding tert-OH is 1. The summed E-state index contributed by atoms with van der Waals surface area (Å²) >= 11 is 0. The maximum absolute atomic E-state index is 9.56. The van der Waals surface area contributed by atoms with E-state index in [-0.39, 0.29) is 12.7 Å². The van der Waals surface area contributed by atoms with Crippen molar-refractivity contribution in [1.82, 2.24) is 0 Å². The van der Waals surface area contributed by atoms with Crippen LogP contribution in [0.25, 0.3) is 0 Å². The average molecular weight is 539 g/mol. The first-order chi connectivity index (χ1) is 18.9. The van der Waals surface area contributed by atoms with Gasteiger partial charge in [0.25, 0.3) is 0 Å². The largest absolute Gasteiger partial charge is 0.394 e. The van der Waals surface area contributed by atoms with E-state index in [9.17, 15) is 5.11 Å². The van der Waals surface area contributed by atoms with Gasteiger partial charge in [-0.15, -0.1) is 0 Å². The fourth-order valence-corrected chi connectivity index (χ4v) is 5.87. The van der Waals surface area contributed by atoms with Crippen LogP contribution >= 0.6 is 0 Å². The molecule has 0 bridgehead atoms. The minimum absolute atomic E-state index is 0.0694. The Hall–Kier alpha value is -0.120. The van der Waals surface area contributed by atoms with Crippen molar-refractivity contribution < 1.29 is 14.6 Å². The highest BCUT2D eigenvalue weighted by atomic mass is 16.5. The first-order valence-electron chi connectivity index (χ1n) is 17.7. The number of ether oxygens (including phenoxy) is 2. The molecule has 1 saturated heterocycles. The molecular weight excluding hydrogens is 468 g/mol. The van der Waals surface area contributed by atoms with Gasteiger partial charge in [-0.1, -0.05) is 180 Å². The van der Waals surface area contributed by atoms with E-state index >= 15 is 0 Å². The molecule has 0 saturated carbocycles. The van der Waals surface area contributed by atoms with Crippen molar-refractivity contribution >= 4 is 0 Å². The molecule has 1 N–H and O–H groups in total. The maximum atomic E-state index is 9.56. The predicted molar refractivity (Wildman–Crippen MR) is 166 cm³/mol. The fraction of sp³-hybridized carbons (Fsp3) is 1.00. The highest BCUT2D eigenvalue weighted by Gasteiger charge is 2.07. The molecule has 3 nitrogen and oxygen atoms in total. The molecule has 3 heteroatoms. The van der Waals surface area contributed by atoms with E-state index < -0.39 is 0 Å². The summed E-state index contributed by atoms with van der Waals surface area (Å²) < 4.78 is 11.6. The van der Waals surface area contributed by atoms with Crippen LogP contribution in [-0.4, -0.2) is 37.6 Å². The van der Waals surface area contributed by atoms with Gasteiger partial charge in [0.15, 0.2) is 0 Å². The quantitative estimate of drug-likeness (QED) is 0.361. The molecule has 1 fully saturated rings. The van der Waals surface area contributed by atoms with E-state index in [0.29, 0.717) is 6.61 Å². The second-order valence-corrected chi connectivity index (χ2v) is 12.4. The Balaban J connectivity index is 2.09. The van der Waals surface area contributed by atoms with E-state index in [0.717, 1.165) is 26.1 Å². The van der Waals surface area contributed by atoms with Crippen molar-refractivity contribution in [3.8, 4) is 0 Å². The molecule has 0 aromatic carbocycles. The van der Waals surface area contributed by atoms with Gasteiger partial charge >= 0.3 is 0 Å². The molecule has 0 unspecified atom stereocenters. The van der Waals surface area contributed by atoms with Gasteiger partial charge in [0.1, 0.15) is 6.10 Å². The van der Waals surface area contributed by atoms with Crippen LogP contribution in [0.3, 0.4) is 0 Å². The van der Waals surface area contributed by atoms with Crippen LogP contribution in [0, 0.1) is 0 Å². The number of hydrogen-bond donors (Lipinski definition) is 1. The molecule has 1 aliphatic rings. The van der Waals surface area contributed by atoms with E-state index in [1.165, 1.54) is 180 Å². The number of rotatable bonds is 1. The lowest BCUT2D eigenvalue weighted by atomic mass is 10.0. The molecule has 0 radical (unpaired) electrons. The van der Waals surface area contributed by atoms with Gasteiger partial charge in [0.05, 0.1) is 13.2 Å². The van der Waals surface area contributed by atoms with Crippen LogP contribution in [0.2, 0.25) is 0 Å². The van der Waals surface area contributed by atoms with E-state index in [4.69, 9.17) is 9.47 Å². The van der Waals surface area contributed by atoms with Crippen LogP contribution in [0.15, 0.2) is 0 Å². The molecule has 1 heterocycles. The first kappa shape index (κ1) is 35.9. The lowest BCUT2D eigenvalue weighted by Gasteiger charge is -2.15. The summed E-state index contributed by atoms with van der Waals surface area (Å²) in [7, 11) is 0. The van der Waals surface area contributed by atoms with Crippen molar-refractivity contribution in [3.05, 3.63) is 0 Å². The van der Waals surface area contributed by atoms with E-state index in [2.05, 4.69) is 0 Å². The zero-order valence-electron chi connectivity index (χ0n) is 25.9. The Labute approximate surface area is 239 Å². The van der Waals surface area contributed by atoms with Crippen LogP contribution < -0.4 is 0 Å². The van der Waals surface area contributed by atoms with E-state index in [1.807, 2.05) is 0 Å². The SMILES string of the molecule is OC[C@@H]1COCCCCCCCCCCCCCCCCCCCCCCCCCCCCCCCCO1. The summed E-state index contributed by atoms with van der Waals surface area (Å²) in [6, 6.07) is 0. The number of aliphatic hydroxyl groups is 1. The van der Waals surface area contributed by atoms with Gasteiger partial charge < -0.3 is 14.6 Å². The maximum Gasteiger partial charge on any atom is 0.104 e. The van der Waals surface area contributed by atoms with Crippen LogP contribution in [0.5, 0.6) is 0 Å². The van der Waals surface area contributed by atoms with Gasteiger partial charge in [-0.3, -0.25) is 0 Å². The van der Waals surface area contributed by atoms with Crippen molar-refractivity contribution in [3.63, 3.8) is 0 Å².